The van der Waals surface area contributed by atoms with Crippen molar-refractivity contribution in [3.63, 3.8) is 0 Å². The van der Waals surface area contributed by atoms with Gasteiger partial charge in [-0.3, -0.25) is 9.69 Å². The SMILES string of the molecule is C=CCOc1ccc([C@@H]2C(C#N)=C(N)N(c3ccccc3Cl)C3=C2C(=O)CCC3)cc1. The van der Waals surface area contributed by atoms with Crippen molar-refractivity contribution in [2.75, 3.05) is 11.5 Å². The summed E-state index contributed by atoms with van der Waals surface area (Å²) >= 11 is 6.46. The van der Waals surface area contributed by atoms with E-state index in [0.29, 0.717) is 52.9 Å². The molecule has 2 aromatic rings. The number of ketones is 1. The first-order valence-electron chi connectivity index (χ1n) is 10.1. The van der Waals surface area contributed by atoms with E-state index in [1.165, 1.54) is 0 Å². The third kappa shape index (κ3) is 3.71. The van der Waals surface area contributed by atoms with E-state index < -0.39 is 5.92 Å². The monoisotopic (exact) mass is 431 g/mol. The van der Waals surface area contributed by atoms with Gasteiger partial charge in [-0.05, 0) is 42.7 Å². The van der Waals surface area contributed by atoms with E-state index in [1.54, 1.807) is 17.0 Å². The minimum absolute atomic E-state index is 0.0375. The molecule has 0 bridgehead atoms. The number of benzene rings is 2. The molecule has 31 heavy (non-hydrogen) atoms. The molecule has 0 spiro atoms. The van der Waals surface area contributed by atoms with E-state index in [1.807, 2.05) is 42.5 Å². The van der Waals surface area contributed by atoms with Gasteiger partial charge in [-0.15, -0.1) is 0 Å². The van der Waals surface area contributed by atoms with Gasteiger partial charge < -0.3 is 10.5 Å². The van der Waals surface area contributed by atoms with E-state index in [-0.39, 0.29) is 5.78 Å². The Morgan fingerprint density at radius 2 is 1.97 bits per heavy atom. The first-order chi connectivity index (χ1) is 15.1. The molecule has 0 saturated heterocycles. The number of hydrogen-bond acceptors (Lipinski definition) is 5. The maximum atomic E-state index is 13.1. The van der Waals surface area contributed by atoms with Crippen molar-refractivity contribution in [3.05, 3.63) is 94.4 Å². The van der Waals surface area contributed by atoms with Crippen LogP contribution in [-0.4, -0.2) is 12.4 Å². The number of nitriles is 1. The van der Waals surface area contributed by atoms with Crippen LogP contribution < -0.4 is 15.4 Å². The summed E-state index contributed by atoms with van der Waals surface area (Å²) in [5, 5.41) is 10.6. The summed E-state index contributed by atoms with van der Waals surface area (Å²) in [5.74, 6) is 0.522. The second-order valence-electron chi connectivity index (χ2n) is 7.44. The number of allylic oxidation sites excluding steroid dienone is 3. The van der Waals surface area contributed by atoms with Gasteiger partial charge in [0.2, 0.25) is 0 Å². The van der Waals surface area contributed by atoms with Crippen molar-refractivity contribution >= 4 is 23.1 Å². The Hall–Kier alpha value is -3.49. The number of rotatable bonds is 5. The first kappa shape index (κ1) is 20.8. The van der Waals surface area contributed by atoms with Crippen molar-refractivity contribution in [1.29, 1.82) is 5.26 Å². The Bertz CT molecular complexity index is 1140. The lowest BCUT2D eigenvalue weighted by Crippen LogP contribution is -2.38. The molecular formula is C25H22ClN3O2. The van der Waals surface area contributed by atoms with Crippen molar-refractivity contribution in [1.82, 2.24) is 0 Å². The van der Waals surface area contributed by atoms with Crippen LogP contribution in [0.1, 0.15) is 30.7 Å². The van der Waals surface area contributed by atoms with Crippen molar-refractivity contribution in [3.8, 4) is 11.8 Å². The average molecular weight is 432 g/mol. The number of Topliss-reactive ketones (excluding diaryl/α,β-unsaturated/α-hetero) is 1. The Balaban J connectivity index is 1.87. The van der Waals surface area contributed by atoms with Gasteiger partial charge in [-0.1, -0.05) is 48.5 Å². The quantitative estimate of drug-likeness (QED) is 0.657. The molecule has 0 fully saturated rings. The predicted molar refractivity (Wildman–Crippen MR) is 122 cm³/mol. The second kappa shape index (κ2) is 8.71. The number of para-hydroxylation sites is 1. The van der Waals surface area contributed by atoms with Gasteiger partial charge in [0.05, 0.1) is 28.3 Å². The van der Waals surface area contributed by atoms with Gasteiger partial charge in [0.25, 0.3) is 0 Å². The Labute approximate surface area is 186 Å². The van der Waals surface area contributed by atoms with E-state index in [2.05, 4.69) is 12.6 Å². The molecule has 2 aliphatic rings. The molecule has 0 amide bonds. The normalized spacial score (nSPS) is 18.5. The van der Waals surface area contributed by atoms with E-state index in [4.69, 9.17) is 22.1 Å². The maximum Gasteiger partial charge on any atom is 0.161 e. The Morgan fingerprint density at radius 1 is 1.23 bits per heavy atom. The number of nitrogens with two attached hydrogens (primary N) is 1. The van der Waals surface area contributed by atoms with Crippen LogP contribution in [0.3, 0.4) is 0 Å². The number of carbonyl (C=O) groups excluding carboxylic acids is 1. The molecule has 0 aromatic heterocycles. The van der Waals surface area contributed by atoms with Gasteiger partial charge in [0.15, 0.2) is 5.78 Å². The Kier molecular flexibility index (Phi) is 5.83. The molecule has 0 unspecified atom stereocenters. The molecule has 6 heteroatoms. The third-order valence-electron chi connectivity index (χ3n) is 5.59. The fourth-order valence-electron chi connectivity index (χ4n) is 4.24. The fourth-order valence-corrected chi connectivity index (χ4v) is 4.46. The second-order valence-corrected chi connectivity index (χ2v) is 7.84. The summed E-state index contributed by atoms with van der Waals surface area (Å²) in [7, 11) is 0. The van der Waals surface area contributed by atoms with Gasteiger partial charge in [-0.2, -0.15) is 5.26 Å². The van der Waals surface area contributed by atoms with E-state index in [9.17, 15) is 10.1 Å². The number of nitrogens with zero attached hydrogens (tertiary/aromatic N) is 2. The molecule has 1 aliphatic carbocycles. The van der Waals surface area contributed by atoms with Crippen LogP contribution in [0.4, 0.5) is 5.69 Å². The number of halogens is 1. The zero-order valence-electron chi connectivity index (χ0n) is 17.0. The highest BCUT2D eigenvalue weighted by molar-refractivity contribution is 6.33. The lowest BCUT2D eigenvalue weighted by atomic mass is 9.75. The van der Waals surface area contributed by atoms with Crippen LogP contribution in [0.2, 0.25) is 5.02 Å². The molecule has 0 saturated carbocycles. The molecule has 4 rings (SSSR count). The lowest BCUT2D eigenvalue weighted by Gasteiger charge is -2.40. The standard InChI is InChI=1S/C25H22ClN3O2/c1-2-14-31-17-12-10-16(11-13-17)23-18(15-27)25(28)29(20-7-4-3-6-19(20)26)21-8-5-9-22(30)24(21)23/h2-4,6-7,10-13,23H,1,5,8-9,14,28H2/t23-/m1/s1. The van der Waals surface area contributed by atoms with E-state index in [0.717, 1.165) is 17.7 Å². The molecule has 1 heterocycles. The van der Waals surface area contributed by atoms with Crippen molar-refractivity contribution in [2.45, 2.75) is 25.2 Å². The molecule has 1 atom stereocenters. The summed E-state index contributed by atoms with van der Waals surface area (Å²) in [6.45, 7) is 4.05. The maximum absolute atomic E-state index is 13.1. The average Bonchev–Trinajstić information content (AvgIpc) is 2.78. The minimum Gasteiger partial charge on any atom is -0.490 e. The smallest absolute Gasteiger partial charge is 0.161 e. The highest BCUT2D eigenvalue weighted by Crippen LogP contribution is 2.47. The van der Waals surface area contributed by atoms with Crippen LogP contribution in [-0.2, 0) is 4.79 Å². The molecule has 156 valence electrons. The van der Waals surface area contributed by atoms with Gasteiger partial charge in [0.1, 0.15) is 18.2 Å². The van der Waals surface area contributed by atoms with Crippen LogP contribution in [0.5, 0.6) is 5.75 Å². The molecule has 5 nitrogen and oxygen atoms in total. The number of ether oxygens (including phenoxy) is 1. The zero-order valence-corrected chi connectivity index (χ0v) is 17.7. The molecule has 0 radical (unpaired) electrons. The lowest BCUT2D eigenvalue weighted by molar-refractivity contribution is -0.116. The summed E-state index contributed by atoms with van der Waals surface area (Å²) in [6.07, 6.45) is 3.54. The van der Waals surface area contributed by atoms with Gasteiger partial charge >= 0.3 is 0 Å². The number of carbonyl (C=O) groups is 1. The minimum atomic E-state index is -0.514. The summed E-state index contributed by atoms with van der Waals surface area (Å²) in [4.78, 5) is 14.9. The topological polar surface area (TPSA) is 79.3 Å². The highest BCUT2D eigenvalue weighted by Gasteiger charge is 2.40. The third-order valence-corrected chi connectivity index (χ3v) is 5.91. The van der Waals surface area contributed by atoms with Crippen LogP contribution in [0, 0.1) is 11.3 Å². The van der Waals surface area contributed by atoms with Crippen LogP contribution >= 0.6 is 11.6 Å². The summed E-state index contributed by atoms with van der Waals surface area (Å²) in [5.41, 5.74) is 9.83. The van der Waals surface area contributed by atoms with Gasteiger partial charge in [-0.25, -0.2) is 0 Å². The zero-order chi connectivity index (χ0) is 22.0. The predicted octanol–water partition coefficient (Wildman–Crippen LogP) is 5.21. The molecular weight excluding hydrogens is 410 g/mol. The van der Waals surface area contributed by atoms with Gasteiger partial charge in [0, 0.05) is 17.7 Å². The summed E-state index contributed by atoms with van der Waals surface area (Å²) < 4.78 is 5.57. The van der Waals surface area contributed by atoms with E-state index >= 15 is 0 Å². The van der Waals surface area contributed by atoms with Crippen LogP contribution in [0.15, 0.2) is 83.9 Å². The fraction of sp³-hybridized carbons (Fsp3) is 0.200. The molecule has 2 N–H and O–H groups in total. The summed E-state index contributed by atoms with van der Waals surface area (Å²) in [6, 6.07) is 17.0. The highest BCUT2D eigenvalue weighted by atomic mass is 35.5. The number of anilines is 1. The van der Waals surface area contributed by atoms with Crippen LogP contribution in [0.25, 0.3) is 0 Å². The largest absolute Gasteiger partial charge is 0.490 e. The van der Waals surface area contributed by atoms with Crippen molar-refractivity contribution < 1.29 is 9.53 Å². The van der Waals surface area contributed by atoms with Crippen molar-refractivity contribution in [2.24, 2.45) is 5.73 Å². The Morgan fingerprint density at radius 3 is 2.65 bits per heavy atom. The molecule has 1 aliphatic heterocycles. The number of hydrogen-bond donors (Lipinski definition) is 1. The molecule has 2 aromatic carbocycles. The first-order valence-corrected chi connectivity index (χ1v) is 10.5.